The molecule has 1 aromatic heterocycles. The number of carbonyl (C=O) groups is 1. The molecule has 2 aromatic rings. The molecule has 0 atom stereocenters. The summed E-state index contributed by atoms with van der Waals surface area (Å²) >= 11 is 8.15. The molecule has 1 heterocycles. The maximum atomic E-state index is 11.8. The first kappa shape index (κ1) is 12.7. The molecule has 0 bridgehead atoms. The first-order chi connectivity index (χ1) is 8.15. The second-order valence-electron chi connectivity index (χ2n) is 3.35. The lowest BCUT2D eigenvalue weighted by molar-refractivity contribution is 0.105. The zero-order chi connectivity index (χ0) is 12.3. The predicted octanol–water partition coefficient (Wildman–Crippen LogP) is 5.17. The summed E-state index contributed by atoms with van der Waals surface area (Å²) in [7, 11) is 0. The number of rotatable bonds is 3. The molecule has 0 amide bonds. The molecule has 0 aliphatic heterocycles. The van der Waals surface area contributed by atoms with Crippen LogP contribution in [0.4, 0.5) is 0 Å². The van der Waals surface area contributed by atoms with Crippen molar-refractivity contribution in [2.45, 2.75) is 0 Å². The Balaban J connectivity index is 2.10. The molecule has 0 spiro atoms. The number of hydrogen-bond acceptors (Lipinski definition) is 2. The standard InChI is InChI=1S/C13H8Br2OS/c14-10-4-1-9(2-5-10)3-6-11(16)12-7-8-13(15)17-12/h1-8H/b6-3+. The van der Waals surface area contributed by atoms with Crippen molar-refractivity contribution < 1.29 is 4.79 Å². The maximum Gasteiger partial charge on any atom is 0.195 e. The third-order valence-corrected chi connectivity index (χ3v) is 4.28. The van der Waals surface area contributed by atoms with Crippen molar-refractivity contribution in [3.05, 3.63) is 61.2 Å². The fourth-order valence-electron chi connectivity index (χ4n) is 1.27. The minimum Gasteiger partial charge on any atom is -0.288 e. The predicted molar refractivity (Wildman–Crippen MR) is 79.5 cm³/mol. The van der Waals surface area contributed by atoms with Crippen LogP contribution in [0.15, 0.2) is 50.7 Å². The smallest absolute Gasteiger partial charge is 0.195 e. The molecule has 0 saturated carbocycles. The van der Waals surface area contributed by atoms with Crippen LogP contribution >= 0.6 is 43.2 Å². The number of ketones is 1. The topological polar surface area (TPSA) is 17.1 Å². The summed E-state index contributed by atoms with van der Waals surface area (Å²) in [6.45, 7) is 0. The molecular weight excluding hydrogens is 364 g/mol. The largest absolute Gasteiger partial charge is 0.288 e. The van der Waals surface area contributed by atoms with Gasteiger partial charge in [0.15, 0.2) is 5.78 Å². The first-order valence-electron chi connectivity index (χ1n) is 4.88. The Hall–Kier alpha value is -0.710. The van der Waals surface area contributed by atoms with Gasteiger partial charge in [0.1, 0.15) is 0 Å². The SMILES string of the molecule is O=C(/C=C/c1ccc(Br)cc1)c1ccc(Br)s1. The molecule has 0 N–H and O–H groups in total. The molecule has 0 unspecified atom stereocenters. The Morgan fingerprint density at radius 3 is 2.35 bits per heavy atom. The fraction of sp³-hybridized carbons (Fsp3) is 0. The van der Waals surface area contributed by atoms with Crippen LogP contribution in [0, 0.1) is 0 Å². The van der Waals surface area contributed by atoms with Crippen molar-refractivity contribution >= 4 is 55.1 Å². The van der Waals surface area contributed by atoms with E-state index in [1.54, 1.807) is 6.08 Å². The van der Waals surface area contributed by atoms with Gasteiger partial charge in [-0.15, -0.1) is 11.3 Å². The van der Waals surface area contributed by atoms with Gasteiger partial charge in [-0.2, -0.15) is 0 Å². The summed E-state index contributed by atoms with van der Waals surface area (Å²) in [6.07, 6.45) is 3.42. The molecular formula is C13H8Br2OS. The molecule has 86 valence electrons. The van der Waals surface area contributed by atoms with Gasteiger partial charge < -0.3 is 0 Å². The number of thiophene rings is 1. The summed E-state index contributed by atoms with van der Waals surface area (Å²) in [5.41, 5.74) is 1.01. The molecule has 0 aliphatic carbocycles. The van der Waals surface area contributed by atoms with Crippen molar-refractivity contribution in [2.75, 3.05) is 0 Å². The minimum absolute atomic E-state index is 0.0311. The van der Waals surface area contributed by atoms with E-state index in [0.717, 1.165) is 18.7 Å². The third-order valence-electron chi connectivity index (χ3n) is 2.11. The highest BCUT2D eigenvalue weighted by Crippen LogP contribution is 2.23. The molecule has 0 saturated heterocycles. The van der Waals surface area contributed by atoms with Crippen LogP contribution in [-0.2, 0) is 0 Å². The first-order valence-corrected chi connectivity index (χ1v) is 7.29. The average molecular weight is 372 g/mol. The van der Waals surface area contributed by atoms with E-state index < -0.39 is 0 Å². The Kier molecular flexibility index (Phi) is 4.31. The van der Waals surface area contributed by atoms with Crippen LogP contribution in [-0.4, -0.2) is 5.78 Å². The van der Waals surface area contributed by atoms with Crippen LogP contribution in [0.3, 0.4) is 0 Å². The molecule has 0 radical (unpaired) electrons. The van der Waals surface area contributed by atoms with E-state index in [0.29, 0.717) is 0 Å². The van der Waals surface area contributed by atoms with Gasteiger partial charge >= 0.3 is 0 Å². The summed E-state index contributed by atoms with van der Waals surface area (Å²) in [4.78, 5) is 12.5. The van der Waals surface area contributed by atoms with Crippen LogP contribution in [0.25, 0.3) is 6.08 Å². The van der Waals surface area contributed by atoms with Gasteiger partial charge in [0, 0.05) is 4.47 Å². The molecule has 1 nitrogen and oxygen atoms in total. The van der Waals surface area contributed by atoms with Gasteiger partial charge in [-0.3, -0.25) is 4.79 Å². The van der Waals surface area contributed by atoms with Crippen LogP contribution in [0.2, 0.25) is 0 Å². The minimum atomic E-state index is 0.0311. The second-order valence-corrected chi connectivity index (χ2v) is 6.73. The van der Waals surface area contributed by atoms with E-state index in [4.69, 9.17) is 0 Å². The van der Waals surface area contributed by atoms with Crippen molar-refractivity contribution in [1.29, 1.82) is 0 Å². The third kappa shape index (κ3) is 3.63. The quantitative estimate of drug-likeness (QED) is 0.537. The molecule has 4 heteroatoms. The van der Waals surface area contributed by atoms with Crippen LogP contribution < -0.4 is 0 Å². The number of allylic oxidation sites excluding steroid dienone is 1. The number of carbonyl (C=O) groups excluding carboxylic acids is 1. The monoisotopic (exact) mass is 370 g/mol. The average Bonchev–Trinajstić information content (AvgIpc) is 2.75. The van der Waals surface area contributed by atoms with Gasteiger partial charge in [0.2, 0.25) is 0 Å². The van der Waals surface area contributed by atoms with Gasteiger partial charge in [-0.25, -0.2) is 0 Å². The fourth-order valence-corrected chi connectivity index (χ4v) is 2.85. The zero-order valence-electron chi connectivity index (χ0n) is 8.69. The molecule has 0 aliphatic rings. The molecule has 0 fully saturated rings. The van der Waals surface area contributed by atoms with Crippen molar-refractivity contribution in [1.82, 2.24) is 0 Å². The highest BCUT2D eigenvalue weighted by atomic mass is 79.9. The van der Waals surface area contributed by atoms with E-state index in [1.807, 2.05) is 42.5 Å². The van der Waals surface area contributed by atoms with E-state index in [1.165, 1.54) is 11.3 Å². The van der Waals surface area contributed by atoms with Gasteiger partial charge in [-0.1, -0.05) is 34.1 Å². The summed E-state index contributed by atoms with van der Waals surface area (Å²) in [6, 6.07) is 11.5. The van der Waals surface area contributed by atoms with E-state index in [-0.39, 0.29) is 5.78 Å². The number of halogens is 2. The lowest BCUT2D eigenvalue weighted by Gasteiger charge is -1.93. The Morgan fingerprint density at radius 1 is 1.06 bits per heavy atom. The van der Waals surface area contributed by atoms with Crippen LogP contribution in [0.5, 0.6) is 0 Å². The van der Waals surface area contributed by atoms with Crippen molar-refractivity contribution in [3.63, 3.8) is 0 Å². The van der Waals surface area contributed by atoms with Crippen molar-refractivity contribution in [3.8, 4) is 0 Å². The van der Waals surface area contributed by atoms with Gasteiger partial charge in [-0.05, 0) is 51.8 Å². The highest BCUT2D eigenvalue weighted by molar-refractivity contribution is 9.11. The van der Waals surface area contributed by atoms with Crippen LogP contribution in [0.1, 0.15) is 15.2 Å². The summed E-state index contributed by atoms with van der Waals surface area (Å²) < 4.78 is 2.00. The van der Waals surface area contributed by atoms with E-state index >= 15 is 0 Å². The van der Waals surface area contributed by atoms with Crippen molar-refractivity contribution in [2.24, 2.45) is 0 Å². The Morgan fingerprint density at radius 2 is 1.76 bits per heavy atom. The normalized spacial score (nSPS) is 10.9. The highest BCUT2D eigenvalue weighted by Gasteiger charge is 2.04. The zero-order valence-corrected chi connectivity index (χ0v) is 12.7. The Labute approximate surface area is 120 Å². The maximum absolute atomic E-state index is 11.8. The van der Waals surface area contributed by atoms with Gasteiger partial charge in [0.05, 0.1) is 8.66 Å². The number of benzene rings is 1. The number of hydrogen-bond donors (Lipinski definition) is 0. The lowest BCUT2D eigenvalue weighted by atomic mass is 10.2. The van der Waals surface area contributed by atoms with E-state index in [2.05, 4.69) is 31.9 Å². The van der Waals surface area contributed by atoms with E-state index in [9.17, 15) is 4.79 Å². The summed E-state index contributed by atoms with van der Waals surface area (Å²) in [5, 5.41) is 0. The molecule has 1 aromatic carbocycles. The molecule has 2 rings (SSSR count). The van der Waals surface area contributed by atoms with Gasteiger partial charge in [0.25, 0.3) is 0 Å². The Bertz CT molecular complexity index is 555. The molecule has 17 heavy (non-hydrogen) atoms. The second kappa shape index (κ2) is 5.76. The summed E-state index contributed by atoms with van der Waals surface area (Å²) in [5.74, 6) is 0.0311. The lowest BCUT2D eigenvalue weighted by Crippen LogP contribution is -1.88.